The minimum atomic E-state index is -0.303. The molecule has 0 spiro atoms. The first kappa shape index (κ1) is 9.74. The van der Waals surface area contributed by atoms with Gasteiger partial charge in [0.2, 0.25) is 0 Å². The molecule has 14 heavy (non-hydrogen) atoms. The summed E-state index contributed by atoms with van der Waals surface area (Å²) in [6.07, 6.45) is 2.31. The lowest BCUT2D eigenvalue weighted by Gasteiger charge is -2.05. The van der Waals surface area contributed by atoms with Crippen LogP contribution in [0.2, 0.25) is 0 Å². The second kappa shape index (κ2) is 3.75. The van der Waals surface area contributed by atoms with Crippen molar-refractivity contribution < 1.29 is 5.11 Å². The molecule has 74 valence electrons. The van der Waals surface area contributed by atoms with E-state index < -0.39 is 0 Å². The minimum absolute atomic E-state index is 0.303. The highest BCUT2D eigenvalue weighted by Crippen LogP contribution is 2.26. The van der Waals surface area contributed by atoms with E-state index in [0.29, 0.717) is 6.42 Å². The second-order valence-electron chi connectivity index (χ2n) is 3.53. The molecule has 0 aliphatic heterocycles. The Hall–Kier alpha value is -0.800. The number of H-pyrrole nitrogens is 1. The zero-order chi connectivity index (χ0) is 10.1. The van der Waals surface area contributed by atoms with Gasteiger partial charge in [0.25, 0.3) is 0 Å². The maximum Gasteiger partial charge on any atom is 0.0553 e. The number of hydrogen-bond donors (Lipinski definition) is 2. The zero-order valence-electron chi connectivity index (χ0n) is 7.92. The summed E-state index contributed by atoms with van der Waals surface area (Å²) in [6.45, 7) is 1.80. The summed E-state index contributed by atoms with van der Waals surface area (Å²) in [7, 11) is 0. The number of aromatic amines is 1. The van der Waals surface area contributed by atoms with E-state index in [2.05, 4.69) is 27.0 Å². The van der Waals surface area contributed by atoms with Gasteiger partial charge in [0.15, 0.2) is 0 Å². The molecule has 2 N–H and O–H groups in total. The Balaban J connectivity index is 2.54. The van der Waals surface area contributed by atoms with Crippen molar-refractivity contribution in [2.45, 2.75) is 19.4 Å². The van der Waals surface area contributed by atoms with E-state index in [9.17, 15) is 5.11 Å². The largest absolute Gasteiger partial charge is 0.393 e. The van der Waals surface area contributed by atoms with Gasteiger partial charge in [-0.3, -0.25) is 0 Å². The number of aliphatic hydroxyl groups excluding tert-OH is 1. The molecule has 0 aliphatic rings. The Bertz CT molecular complexity index is 447. The van der Waals surface area contributed by atoms with Gasteiger partial charge in [-0.1, -0.05) is 18.2 Å². The number of aromatic nitrogens is 1. The van der Waals surface area contributed by atoms with Crippen LogP contribution in [0.25, 0.3) is 10.9 Å². The van der Waals surface area contributed by atoms with Gasteiger partial charge in [-0.15, -0.1) is 0 Å². The van der Waals surface area contributed by atoms with Gasteiger partial charge in [0.1, 0.15) is 0 Å². The summed E-state index contributed by atoms with van der Waals surface area (Å²) in [4.78, 5) is 3.20. The topological polar surface area (TPSA) is 36.0 Å². The Kier molecular flexibility index (Phi) is 2.61. The minimum Gasteiger partial charge on any atom is -0.393 e. The first-order valence-electron chi connectivity index (χ1n) is 4.61. The van der Waals surface area contributed by atoms with Crippen LogP contribution in [0.4, 0.5) is 0 Å². The van der Waals surface area contributed by atoms with Crippen molar-refractivity contribution in [1.82, 2.24) is 4.98 Å². The summed E-state index contributed by atoms with van der Waals surface area (Å²) in [5.41, 5.74) is 2.27. The summed E-state index contributed by atoms with van der Waals surface area (Å²) in [5.74, 6) is 0. The fourth-order valence-corrected chi connectivity index (χ4v) is 2.12. The Morgan fingerprint density at radius 3 is 3.00 bits per heavy atom. The molecule has 0 saturated heterocycles. The van der Waals surface area contributed by atoms with Gasteiger partial charge in [-0.2, -0.15) is 0 Å². The predicted molar refractivity (Wildman–Crippen MR) is 61.4 cm³/mol. The number of nitrogens with one attached hydrogen (secondary N) is 1. The molecule has 2 rings (SSSR count). The number of hydrogen-bond acceptors (Lipinski definition) is 1. The zero-order valence-corrected chi connectivity index (χ0v) is 9.51. The first-order chi connectivity index (χ1) is 6.68. The molecule has 1 atom stereocenters. The van der Waals surface area contributed by atoms with Crippen LogP contribution in [0, 0.1) is 0 Å². The maximum absolute atomic E-state index is 9.35. The monoisotopic (exact) mass is 253 g/mol. The van der Waals surface area contributed by atoms with E-state index in [-0.39, 0.29) is 6.10 Å². The average Bonchev–Trinajstić information content (AvgIpc) is 2.49. The number of aliphatic hydroxyl groups is 1. The van der Waals surface area contributed by atoms with E-state index in [1.54, 1.807) is 6.92 Å². The Morgan fingerprint density at radius 2 is 2.29 bits per heavy atom. The second-order valence-corrected chi connectivity index (χ2v) is 4.38. The Morgan fingerprint density at radius 1 is 1.50 bits per heavy atom. The van der Waals surface area contributed by atoms with Crippen molar-refractivity contribution in [3.8, 4) is 0 Å². The van der Waals surface area contributed by atoms with Gasteiger partial charge in [-0.05, 0) is 28.4 Å². The molecule has 1 heterocycles. The fourth-order valence-electron chi connectivity index (χ4n) is 1.67. The lowest BCUT2D eigenvalue weighted by atomic mass is 10.1. The van der Waals surface area contributed by atoms with Crippen LogP contribution >= 0.6 is 15.9 Å². The number of halogens is 1. The highest BCUT2D eigenvalue weighted by molar-refractivity contribution is 9.10. The number of para-hydroxylation sites is 1. The van der Waals surface area contributed by atoms with Crippen LogP contribution in [0.1, 0.15) is 12.5 Å². The van der Waals surface area contributed by atoms with Crippen molar-refractivity contribution in [1.29, 1.82) is 0 Å². The van der Waals surface area contributed by atoms with Gasteiger partial charge >= 0.3 is 0 Å². The van der Waals surface area contributed by atoms with E-state index in [1.807, 2.05) is 18.3 Å². The average molecular weight is 254 g/mol. The third kappa shape index (κ3) is 1.70. The standard InChI is InChI=1S/C11H12BrNO/c1-7(14)5-8-3-2-4-9-10(12)6-13-11(8)9/h2-4,6-7,13-14H,5H2,1H3. The smallest absolute Gasteiger partial charge is 0.0553 e. The van der Waals surface area contributed by atoms with Gasteiger partial charge in [-0.25, -0.2) is 0 Å². The van der Waals surface area contributed by atoms with E-state index in [1.165, 1.54) is 5.39 Å². The van der Waals surface area contributed by atoms with Crippen molar-refractivity contribution in [2.24, 2.45) is 0 Å². The molecular formula is C11H12BrNO. The molecule has 1 aromatic heterocycles. The van der Waals surface area contributed by atoms with Gasteiger partial charge in [0.05, 0.1) is 6.10 Å². The van der Waals surface area contributed by atoms with Gasteiger partial charge < -0.3 is 10.1 Å². The highest BCUT2D eigenvalue weighted by Gasteiger charge is 2.07. The van der Waals surface area contributed by atoms with Crippen molar-refractivity contribution in [3.63, 3.8) is 0 Å². The summed E-state index contributed by atoms with van der Waals surface area (Å²) >= 11 is 3.47. The van der Waals surface area contributed by atoms with Crippen LogP contribution in [0.5, 0.6) is 0 Å². The molecule has 2 aromatic rings. The first-order valence-corrected chi connectivity index (χ1v) is 5.40. The van der Waals surface area contributed by atoms with Crippen molar-refractivity contribution in [3.05, 3.63) is 34.4 Å². The number of fused-ring (bicyclic) bond motifs is 1. The quantitative estimate of drug-likeness (QED) is 0.849. The van der Waals surface area contributed by atoms with Crippen molar-refractivity contribution >= 4 is 26.8 Å². The molecular weight excluding hydrogens is 242 g/mol. The third-order valence-corrected chi connectivity index (χ3v) is 2.92. The molecule has 0 bridgehead atoms. The molecule has 3 heteroatoms. The SMILES string of the molecule is CC(O)Cc1cccc2c(Br)c[nH]c12. The van der Waals surface area contributed by atoms with Crippen molar-refractivity contribution in [2.75, 3.05) is 0 Å². The lowest BCUT2D eigenvalue weighted by molar-refractivity contribution is 0.196. The van der Waals surface area contributed by atoms with Crippen LogP contribution < -0.4 is 0 Å². The van der Waals surface area contributed by atoms with E-state index in [4.69, 9.17) is 0 Å². The molecule has 0 amide bonds. The third-order valence-electron chi connectivity index (χ3n) is 2.27. The summed E-state index contributed by atoms with van der Waals surface area (Å²) in [6, 6.07) is 6.11. The molecule has 0 radical (unpaired) electrons. The Labute approximate surface area is 91.1 Å². The van der Waals surface area contributed by atoms with Gasteiger partial charge in [0, 0.05) is 28.0 Å². The fraction of sp³-hybridized carbons (Fsp3) is 0.273. The van der Waals surface area contributed by atoms with E-state index >= 15 is 0 Å². The molecule has 1 unspecified atom stereocenters. The lowest BCUT2D eigenvalue weighted by Crippen LogP contribution is -2.04. The van der Waals surface area contributed by atoms with Crippen LogP contribution in [0.3, 0.4) is 0 Å². The maximum atomic E-state index is 9.35. The normalized spacial score (nSPS) is 13.4. The molecule has 0 saturated carbocycles. The highest BCUT2D eigenvalue weighted by atomic mass is 79.9. The summed E-state index contributed by atoms with van der Waals surface area (Å²) < 4.78 is 1.07. The van der Waals surface area contributed by atoms with Crippen LogP contribution in [-0.4, -0.2) is 16.2 Å². The number of rotatable bonds is 2. The molecule has 0 fully saturated rings. The van der Waals surface area contributed by atoms with Crippen LogP contribution in [0.15, 0.2) is 28.9 Å². The molecule has 2 nitrogen and oxygen atoms in total. The molecule has 0 aliphatic carbocycles. The predicted octanol–water partition coefficient (Wildman–Crippen LogP) is 2.85. The van der Waals surface area contributed by atoms with E-state index in [0.717, 1.165) is 15.6 Å². The molecule has 1 aromatic carbocycles. The summed E-state index contributed by atoms with van der Waals surface area (Å²) in [5, 5.41) is 10.5. The van der Waals surface area contributed by atoms with Crippen LogP contribution in [-0.2, 0) is 6.42 Å². The number of benzene rings is 1.